The zero-order valence-electron chi connectivity index (χ0n) is 16.3. The summed E-state index contributed by atoms with van der Waals surface area (Å²) < 4.78 is 1.79. The minimum absolute atomic E-state index is 0.143. The molecule has 0 saturated heterocycles. The molecule has 4 rings (SSSR count). The molecule has 144 valence electrons. The van der Waals surface area contributed by atoms with Crippen molar-refractivity contribution in [3.8, 4) is 5.69 Å². The van der Waals surface area contributed by atoms with Gasteiger partial charge in [0.25, 0.3) is 5.91 Å². The molecule has 0 spiro atoms. The van der Waals surface area contributed by atoms with Gasteiger partial charge in [0.05, 0.1) is 6.04 Å². The van der Waals surface area contributed by atoms with Crippen LogP contribution in [0.25, 0.3) is 5.69 Å². The minimum Gasteiger partial charge on any atom is -0.341 e. The lowest BCUT2D eigenvalue weighted by Gasteiger charge is -2.22. The molecule has 2 heterocycles. The summed E-state index contributed by atoms with van der Waals surface area (Å²) in [6, 6.07) is 17.2. The van der Waals surface area contributed by atoms with Crippen LogP contribution in [0.1, 0.15) is 38.7 Å². The van der Waals surface area contributed by atoms with E-state index in [4.69, 9.17) is 0 Å². The Hall–Kier alpha value is -3.80. The summed E-state index contributed by atoms with van der Waals surface area (Å²) in [5.74, 6) is -0.143. The molecule has 1 N–H and O–H groups in total. The van der Waals surface area contributed by atoms with Gasteiger partial charge in [0.1, 0.15) is 12.7 Å². The largest absolute Gasteiger partial charge is 0.341 e. The fourth-order valence-corrected chi connectivity index (χ4v) is 3.29. The van der Waals surface area contributed by atoms with E-state index >= 15 is 0 Å². The molecule has 0 saturated carbocycles. The van der Waals surface area contributed by atoms with Crippen LogP contribution in [0.15, 0.2) is 79.6 Å². The first-order valence-corrected chi connectivity index (χ1v) is 9.35. The summed E-state index contributed by atoms with van der Waals surface area (Å²) in [7, 11) is 0. The fourth-order valence-electron chi connectivity index (χ4n) is 3.29. The third-order valence-corrected chi connectivity index (χ3v) is 4.89. The molecule has 6 heteroatoms. The van der Waals surface area contributed by atoms with Crippen molar-refractivity contribution in [3.05, 3.63) is 107 Å². The molecule has 2 aromatic heterocycles. The lowest BCUT2D eigenvalue weighted by Crippen LogP contribution is -2.30. The fraction of sp³-hybridized carbons (Fsp3) is 0.130. The van der Waals surface area contributed by atoms with E-state index in [2.05, 4.69) is 52.5 Å². The second-order valence-electron chi connectivity index (χ2n) is 6.97. The lowest BCUT2D eigenvalue weighted by molar-refractivity contribution is 0.0943. The molecule has 4 aromatic rings. The Labute approximate surface area is 169 Å². The van der Waals surface area contributed by atoms with Gasteiger partial charge in [-0.25, -0.2) is 0 Å². The molecule has 0 aliphatic rings. The number of nitrogens with one attached hydrogen (secondary N) is 1. The van der Waals surface area contributed by atoms with E-state index in [9.17, 15) is 4.79 Å². The summed E-state index contributed by atoms with van der Waals surface area (Å²) in [4.78, 5) is 17.3. The van der Waals surface area contributed by atoms with Gasteiger partial charge in [-0.3, -0.25) is 14.3 Å². The molecule has 0 fully saturated rings. The van der Waals surface area contributed by atoms with Gasteiger partial charge in [-0.05, 0) is 60.9 Å². The maximum Gasteiger partial charge on any atom is 0.252 e. The topological polar surface area (TPSA) is 72.7 Å². The average Bonchev–Trinajstić information content (AvgIpc) is 3.29. The average molecular weight is 383 g/mol. The van der Waals surface area contributed by atoms with Crippen LogP contribution in [0.4, 0.5) is 0 Å². The number of benzene rings is 2. The number of amides is 1. The van der Waals surface area contributed by atoms with Crippen LogP contribution in [0, 0.1) is 13.8 Å². The highest BCUT2D eigenvalue weighted by Crippen LogP contribution is 2.26. The van der Waals surface area contributed by atoms with Crippen LogP contribution in [0.2, 0.25) is 0 Å². The molecule has 0 unspecified atom stereocenters. The van der Waals surface area contributed by atoms with Crippen molar-refractivity contribution in [1.29, 1.82) is 0 Å². The van der Waals surface area contributed by atoms with Gasteiger partial charge in [0.15, 0.2) is 0 Å². The Morgan fingerprint density at radius 3 is 2.45 bits per heavy atom. The monoisotopic (exact) mass is 383 g/mol. The molecule has 6 nitrogen and oxygen atoms in total. The second kappa shape index (κ2) is 8.06. The first-order valence-electron chi connectivity index (χ1n) is 9.35. The van der Waals surface area contributed by atoms with Crippen LogP contribution >= 0.6 is 0 Å². The zero-order chi connectivity index (χ0) is 20.2. The van der Waals surface area contributed by atoms with Gasteiger partial charge >= 0.3 is 0 Å². The summed E-state index contributed by atoms with van der Waals surface area (Å²) in [5.41, 5.74) is 5.74. The van der Waals surface area contributed by atoms with E-state index in [1.165, 1.54) is 0 Å². The maximum absolute atomic E-state index is 13.0. The predicted molar refractivity (Wildman–Crippen MR) is 111 cm³/mol. The molecule has 29 heavy (non-hydrogen) atoms. The Bertz CT molecular complexity index is 1110. The molecular formula is C23H21N5O. The van der Waals surface area contributed by atoms with Crippen LogP contribution in [0.3, 0.4) is 0 Å². The number of carbonyl (C=O) groups excluding carboxylic acids is 1. The summed E-state index contributed by atoms with van der Waals surface area (Å²) in [6.07, 6.45) is 6.76. The van der Waals surface area contributed by atoms with Crippen LogP contribution < -0.4 is 5.32 Å². The maximum atomic E-state index is 13.0. The normalized spacial score (nSPS) is 11.8. The Kier molecular flexibility index (Phi) is 5.16. The van der Waals surface area contributed by atoms with E-state index in [0.29, 0.717) is 5.56 Å². The number of nitrogens with zero attached hydrogens (tertiary/aromatic N) is 4. The van der Waals surface area contributed by atoms with E-state index < -0.39 is 0 Å². The van der Waals surface area contributed by atoms with Crippen molar-refractivity contribution in [2.45, 2.75) is 19.9 Å². The molecule has 2 aromatic carbocycles. The third-order valence-electron chi connectivity index (χ3n) is 4.89. The van der Waals surface area contributed by atoms with Crippen LogP contribution in [0.5, 0.6) is 0 Å². The van der Waals surface area contributed by atoms with E-state index in [1.807, 2.05) is 24.3 Å². The number of rotatable bonds is 5. The molecule has 0 aliphatic carbocycles. The molecule has 0 aliphatic heterocycles. The number of hydrogen-bond donors (Lipinski definition) is 1. The van der Waals surface area contributed by atoms with Gasteiger partial charge < -0.3 is 5.32 Å². The standard InChI is InChI=1S/C23H21N5O/c1-16-5-6-17(2)21(12-16)22(19-4-3-11-24-13-19)27-23(29)18-7-9-20(10-8-18)28-14-25-26-15-28/h3-15,22H,1-2H3,(H,27,29)/t22-/m1/s1. The van der Waals surface area contributed by atoms with E-state index in [1.54, 1.807) is 41.7 Å². The smallest absolute Gasteiger partial charge is 0.252 e. The van der Waals surface area contributed by atoms with Crippen molar-refractivity contribution in [3.63, 3.8) is 0 Å². The number of aryl methyl sites for hydroxylation is 2. The summed E-state index contributed by atoms with van der Waals surface area (Å²) >= 11 is 0. The highest BCUT2D eigenvalue weighted by Gasteiger charge is 2.20. The predicted octanol–water partition coefficient (Wildman–Crippen LogP) is 3.80. The minimum atomic E-state index is -0.284. The first-order chi connectivity index (χ1) is 14.1. The number of hydrogen-bond acceptors (Lipinski definition) is 4. The van der Waals surface area contributed by atoms with E-state index in [0.717, 1.165) is 27.9 Å². The Morgan fingerprint density at radius 2 is 1.76 bits per heavy atom. The highest BCUT2D eigenvalue weighted by molar-refractivity contribution is 5.94. The van der Waals surface area contributed by atoms with Crippen molar-refractivity contribution < 1.29 is 4.79 Å². The SMILES string of the molecule is Cc1ccc(C)c([C@H](NC(=O)c2ccc(-n3cnnc3)cc2)c2cccnc2)c1. The van der Waals surface area contributed by atoms with Gasteiger partial charge in [0.2, 0.25) is 0 Å². The summed E-state index contributed by atoms with van der Waals surface area (Å²) in [6.45, 7) is 4.10. The Balaban J connectivity index is 1.64. The number of aromatic nitrogens is 4. The van der Waals surface area contributed by atoms with Crippen molar-refractivity contribution in [1.82, 2.24) is 25.1 Å². The summed E-state index contributed by atoms with van der Waals surface area (Å²) in [5, 5.41) is 10.8. The Morgan fingerprint density at radius 1 is 1.00 bits per heavy atom. The second-order valence-corrected chi connectivity index (χ2v) is 6.97. The quantitative estimate of drug-likeness (QED) is 0.569. The molecule has 0 bridgehead atoms. The van der Waals surface area contributed by atoms with Gasteiger partial charge in [-0.2, -0.15) is 0 Å². The highest BCUT2D eigenvalue weighted by atomic mass is 16.1. The number of carbonyl (C=O) groups is 1. The first kappa shape index (κ1) is 18.6. The van der Waals surface area contributed by atoms with Gasteiger partial charge in [-0.15, -0.1) is 10.2 Å². The van der Waals surface area contributed by atoms with Crippen molar-refractivity contribution in [2.24, 2.45) is 0 Å². The molecular weight excluding hydrogens is 362 g/mol. The van der Waals surface area contributed by atoms with Crippen molar-refractivity contribution >= 4 is 5.91 Å². The molecule has 1 atom stereocenters. The zero-order valence-corrected chi connectivity index (χ0v) is 16.3. The molecule has 1 amide bonds. The lowest BCUT2D eigenvalue weighted by atomic mass is 9.94. The van der Waals surface area contributed by atoms with Crippen LogP contribution in [-0.4, -0.2) is 25.7 Å². The van der Waals surface area contributed by atoms with Crippen molar-refractivity contribution in [2.75, 3.05) is 0 Å². The van der Waals surface area contributed by atoms with E-state index in [-0.39, 0.29) is 11.9 Å². The van der Waals surface area contributed by atoms with Crippen LogP contribution in [-0.2, 0) is 0 Å². The van der Waals surface area contributed by atoms with Gasteiger partial charge in [0, 0.05) is 23.6 Å². The molecule has 0 radical (unpaired) electrons. The number of pyridine rings is 1. The van der Waals surface area contributed by atoms with Gasteiger partial charge in [-0.1, -0.05) is 29.8 Å². The third kappa shape index (κ3) is 4.06.